The van der Waals surface area contributed by atoms with E-state index in [1.165, 1.54) is 0 Å². The first kappa shape index (κ1) is 14.8. The van der Waals surface area contributed by atoms with E-state index in [4.69, 9.17) is 5.84 Å². The van der Waals surface area contributed by atoms with Crippen LogP contribution in [0.25, 0.3) is 0 Å². The molecular weight excluding hydrogens is 278 g/mol. The molecule has 0 bridgehead atoms. The summed E-state index contributed by atoms with van der Waals surface area (Å²) in [4.78, 5) is 23.7. The van der Waals surface area contributed by atoms with Gasteiger partial charge in [0.1, 0.15) is 5.69 Å². The number of carbonyl (C=O) groups is 1. The van der Waals surface area contributed by atoms with Gasteiger partial charge >= 0.3 is 0 Å². The zero-order chi connectivity index (χ0) is 14.7. The van der Waals surface area contributed by atoms with Crippen LogP contribution in [0.5, 0.6) is 0 Å². The fraction of sp³-hybridized carbons (Fsp3) is 0.667. The Balaban J connectivity index is 2.00. The van der Waals surface area contributed by atoms with Gasteiger partial charge in [-0.15, -0.1) is 10.2 Å². The van der Waals surface area contributed by atoms with Crippen molar-refractivity contribution in [2.24, 2.45) is 0 Å². The summed E-state index contributed by atoms with van der Waals surface area (Å²) in [6.45, 7) is 3.31. The second-order valence-corrected chi connectivity index (χ2v) is 6.30. The molecule has 1 fully saturated rings. The summed E-state index contributed by atoms with van der Waals surface area (Å²) >= 11 is 1.14. The van der Waals surface area contributed by atoms with Crippen LogP contribution in [0.2, 0.25) is 0 Å². The maximum atomic E-state index is 12.1. The second-order valence-electron chi connectivity index (χ2n) is 4.99. The van der Waals surface area contributed by atoms with Gasteiger partial charge in [0.2, 0.25) is 11.1 Å². The molecule has 1 aromatic rings. The van der Waals surface area contributed by atoms with Crippen LogP contribution >= 0.6 is 11.8 Å². The Morgan fingerprint density at radius 3 is 2.75 bits per heavy atom. The van der Waals surface area contributed by atoms with Crippen LogP contribution in [-0.2, 0) is 4.79 Å². The van der Waals surface area contributed by atoms with Gasteiger partial charge in [-0.25, -0.2) is 0 Å². The molecule has 1 aliphatic rings. The summed E-state index contributed by atoms with van der Waals surface area (Å²) in [6, 6.07) is 0.273. The number of hydrogen-bond acceptors (Lipinski definition) is 6. The summed E-state index contributed by atoms with van der Waals surface area (Å²) in [7, 11) is 0. The summed E-state index contributed by atoms with van der Waals surface area (Å²) in [6.07, 6.45) is 4.40. The van der Waals surface area contributed by atoms with E-state index < -0.39 is 5.56 Å². The fourth-order valence-electron chi connectivity index (χ4n) is 2.15. The average Bonchev–Trinajstić information content (AvgIpc) is 2.92. The summed E-state index contributed by atoms with van der Waals surface area (Å²) in [5.74, 6) is 5.59. The molecule has 3 N–H and O–H groups in total. The Bertz CT molecular complexity index is 553. The van der Waals surface area contributed by atoms with E-state index in [-0.39, 0.29) is 28.0 Å². The lowest BCUT2D eigenvalue weighted by molar-refractivity contribution is -0.120. The van der Waals surface area contributed by atoms with Gasteiger partial charge in [-0.05, 0) is 26.7 Å². The molecule has 0 aromatic carbocycles. The zero-order valence-electron chi connectivity index (χ0n) is 11.6. The van der Waals surface area contributed by atoms with E-state index >= 15 is 0 Å². The minimum Gasteiger partial charge on any atom is -0.352 e. The number of hydrogen-bond donors (Lipinski definition) is 2. The Labute approximate surface area is 121 Å². The van der Waals surface area contributed by atoms with E-state index in [0.717, 1.165) is 42.1 Å². The van der Waals surface area contributed by atoms with Crippen molar-refractivity contribution < 1.29 is 4.79 Å². The van der Waals surface area contributed by atoms with Gasteiger partial charge in [0.15, 0.2) is 0 Å². The van der Waals surface area contributed by atoms with Gasteiger partial charge in [0, 0.05) is 6.04 Å². The molecule has 7 nitrogen and oxygen atoms in total. The lowest BCUT2D eigenvalue weighted by atomic mass is 10.2. The first-order valence-electron chi connectivity index (χ1n) is 6.67. The minimum atomic E-state index is -0.397. The molecule has 20 heavy (non-hydrogen) atoms. The molecule has 1 heterocycles. The molecule has 1 atom stereocenters. The second kappa shape index (κ2) is 6.25. The SMILES string of the molecule is Cc1nnc(S[C@H](C)C(=O)NC2CCCC2)n(N)c1=O. The molecule has 1 saturated carbocycles. The Kier molecular flexibility index (Phi) is 4.64. The molecule has 1 aliphatic carbocycles. The fourth-order valence-corrected chi connectivity index (χ4v) is 2.93. The summed E-state index contributed by atoms with van der Waals surface area (Å²) in [5, 5.41) is 10.5. The number of rotatable bonds is 4. The molecule has 0 radical (unpaired) electrons. The van der Waals surface area contributed by atoms with Crippen LogP contribution in [-0.4, -0.2) is 32.1 Å². The van der Waals surface area contributed by atoms with Crippen LogP contribution in [0.1, 0.15) is 38.3 Å². The van der Waals surface area contributed by atoms with Crippen molar-refractivity contribution in [2.75, 3.05) is 5.84 Å². The molecular formula is C12H19N5O2S. The monoisotopic (exact) mass is 297 g/mol. The van der Waals surface area contributed by atoms with Crippen molar-refractivity contribution in [3.8, 4) is 0 Å². The molecule has 2 rings (SSSR count). The van der Waals surface area contributed by atoms with E-state index in [1.807, 2.05) is 0 Å². The number of aryl methyl sites for hydroxylation is 1. The Morgan fingerprint density at radius 2 is 2.10 bits per heavy atom. The smallest absolute Gasteiger partial charge is 0.294 e. The zero-order valence-corrected chi connectivity index (χ0v) is 12.4. The highest BCUT2D eigenvalue weighted by atomic mass is 32.2. The third kappa shape index (κ3) is 3.30. The molecule has 0 spiro atoms. The van der Waals surface area contributed by atoms with Gasteiger partial charge in [0.25, 0.3) is 5.56 Å². The van der Waals surface area contributed by atoms with Crippen LogP contribution < -0.4 is 16.7 Å². The number of carbonyl (C=O) groups excluding carboxylic acids is 1. The van der Waals surface area contributed by atoms with Crippen molar-refractivity contribution in [2.45, 2.75) is 56.0 Å². The number of nitrogens with two attached hydrogens (primary N) is 1. The molecule has 8 heteroatoms. The topological polar surface area (TPSA) is 103 Å². The van der Waals surface area contributed by atoms with Gasteiger partial charge in [0.05, 0.1) is 5.25 Å². The molecule has 110 valence electrons. The lowest BCUT2D eigenvalue weighted by Gasteiger charge is -2.16. The third-order valence-corrected chi connectivity index (χ3v) is 4.43. The van der Waals surface area contributed by atoms with Crippen LogP contribution in [0, 0.1) is 6.92 Å². The molecule has 0 aliphatic heterocycles. The third-order valence-electron chi connectivity index (χ3n) is 3.37. The van der Waals surface area contributed by atoms with Gasteiger partial charge in [-0.3, -0.25) is 9.59 Å². The van der Waals surface area contributed by atoms with Crippen molar-refractivity contribution in [3.05, 3.63) is 16.0 Å². The quantitative estimate of drug-likeness (QED) is 0.608. The highest BCUT2D eigenvalue weighted by Gasteiger charge is 2.22. The molecule has 1 amide bonds. The Morgan fingerprint density at radius 1 is 1.45 bits per heavy atom. The van der Waals surface area contributed by atoms with Crippen LogP contribution in [0.4, 0.5) is 0 Å². The number of nitrogens with one attached hydrogen (secondary N) is 1. The van der Waals surface area contributed by atoms with Crippen molar-refractivity contribution in [1.82, 2.24) is 20.2 Å². The minimum absolute atomic E-state index is 0.0586. The number of nitrogen functional groups attached to an aromatic ring is 1. The standard InChI is InChI=1S/C12H19N5O2S/c1-7-11(19)17(13)12(16-15-7)20-8(2)10(18)14-9-5-3-4-6-9/h8-9H,3-6,13H2,1-2H3,(H,14,18)/t8-/m1/s1. The van der Waals surface area contributed by atoms with Crippen molar-refractivity contribution in [3.63, 3.8) is 0 Å². The van der Waals surface area contributed by atoms with Gasteiger partial charge < -0.3 is 11.2 Å². The number of aromatic nitrogens is 3. The van der Waals surface area contributed by atoms with Crippen LogP contribution in [0.15, 0.2) is 9.95 Å². The maximum Gasteiger partial charge on any atom is 0.294 e. The molecule has 0 saturated heterocycles. The molecule has 0 unspecified atom stereocenters. The largest absolute Gasteiger partial charge is 0.352 e. The molecule has 1 aromatic heterocycles. The van der Waals surface area contributed by atoms with Crippen molar-refractivity contribution in [1.29, 1.82) is 0 Å². The maximum absolute atomic E-state index is 12.1. The van der Waals surface area contributed by atoms with Gasteiger partial charge in [-0.1, -0.05) is 24.6 Å². The normalized spacial score (nSPS) is 17.1. The Hall–Kier alpha value is -1.57. The van der Waals surface area contributed by atoms with Crippen LogP contribution in [0.3, 0.4) is 0 Å². The first-order chi connectivity index (χ1) is 9.49. The van der Waals surface area contributed by atoms with Crippen molar-refractivity contribution >= 4 is 17.7 Å². The predicted octanol–water partition coefficient (Wildman–Crippen LogP) is 0.200. The van der Waals surface area contributed by atoms with E-state index in [0.29, 0.717) is 0 Å². The highest BCUT2D eigenvalue weighted by Crippen LogP contribution is 2.21. The number of nitrogens with zero attached hydrogens (tertiary/aromatic N) is 3. The lowest BCUT2D eigenvalue weighted by Crippen LogP contribution is -2.38. The first-order valence-corrected chi connectivity index (χ1v) is 7.55. The average molecular weight is 297 g/mol. The predicted molar refractivity (Wildman–Crippen MR) is 76.9 cm³/mol. The number of amides is 1. The van der Waals surface area contributed by atoms with E-state index in [1.54, 1.807) is 13.8 Å². The van der Waals surface area contributed by atoms with E-state index in [2.05, 4.69) is 15.5 Å². The van der Waals surface area contributed by atoms with E-state index in [9.17, 15) is 9.59 Å². The summed E-state index contributed by atoms with van der Waals surface area (Å²) < 4.78 is 0.937. The van der Waals surface area contributed by atoms with Gasteiger partial charge in [-0.2, -0.15) is 4.68 Å². The highest BCUT2D eigenvalue weighted by molar-refractivity contribution is 8.00. The summed E-state index contributed by atoms with van der Waals surface area (Å²) in [5.41, 5.74) is -0.161. The number of thioether (sulfide) groups is 1.